The fourth-order valence-electron chi connectivity index (χ4n) is 10.1. The van der Waals surface area contributed by atoms with Crippen LogP contribution in [-0.2, 0) is 19.5 Å². The smallest absolute Gasteiger partial charge is 1.00 e. The molecule has 2 aliphatic rings. The molecule has 13 rings (SSSR count). The second kappa shape index (κ2) is 24.9. The van der Waals surface area contributed by atoms with E-state index in [1.807, 2.05) is 127 Å². The Labute approximate surface area is 566 Å². The minimum atomic E-state index is -0.540. The van der Waals surface area contributed by atoms with E-state index in [4.69, 9.17) is 64.6 Å². The number of nitrogens with two attached hydrogens (primary N) is 1. The van der Waals surface area contributed by atoms with Gasteiger partial charge >= 0.3 is 19.5 Å². The maximum absolute atomic E-state index is 12.0. The van der Waals surface area contributed by atoms with E-state index >= 15 is 0 Å². The van der Waals surface area contributed by atoms with Crippen LogP contribution in [0.3, 0.4) is 0 Å². The first-order valence-corrected chi connectivity index (χ1v) is 26.9. The molecule has 0 unspecified atom stereocenters. The Kier molecular flexibility index (Phi) is 18.3. The maximum Gasteiger partial charge on any atom is 2.00 e. The van der Waals surface area contributed by atoms with Crippen LogP contribution in [0.25, 0.3) is 89.7 Å². The van der Waals surface area contributed by atoms with E-state index in [0.29, 0.717) is 143 Å². The van der Waals surface area contributed by atoms with Gasteiger partial charge in [-0.15, -0.1) is 0 Å². The molecule has 2 N–H and O–H groups in total. The van der Waals surface area contributed by atoms with Crippen LogP contribution in [0.15, 0.2) is 170 Å². The van der Waals surface area contributed by atoms with Gasteiger partial charge in [0.1, 0.15) is 63.1 Å². The zero-order valence-corrected chi connectivity index (χ0v) is 58.5. The van der Waals surface area contributed by atoms with E-state index in [-0.39, 0.29) is 103 Å². The molecule has 8 aromatic carbocycles. The summed E-state index contributed by atoms with van der Waals surface area (Å²) in [6, 6.07) is 53.5. The summed E-state index contributed by atoms with van der Waals surface area (Å²) >= 11 is 0. The van der Waals surface area contributed by atoms with Crippen LogP contribution in [0.2, 0.25) is 0 Å². The summed E-state index contributed by atoms with van der Waals surface area (Å²) in [6.45, 7) is 0. The SMILES string of the molecule is C[N+](C)(C)c1cccc(Oc2cccc3c2-c2nc-3nc3[n-]c(nc4nc(nc5[n-]c(n2)c2ccc(Oc6ccc(C(N)=O)cc6)cc52)-c2c(Oc5cccc([N+](C)(C)C)c5)cccc2-4)c2c(Oc4cccc([N+](C)(C)C)c4)cccc32)c1.[I-].[I-].[I-].[Zn+2]. The molecule has 17 nitrogen and oxygen atoms in total. The fourth-order valence-corrected chi connectivity index (χ4v) is 10.1. The second-order valence-corrected chi connectivity index (χ2v) is 23.1. The van der Waals surface area contributed by atoms with Gasteiger partial charge < -0.3 is 127 Å². The first-order chi connectivity index (χ1) is 39.8. The molecule has 0 fully saturated rings. The zero-order chi connectivity index (χ0) is 57.5. The molecule has 0 aliphatic carbocycles. The number of nitrogens with zero attached hydrogens (tertiary/aromatic N) is 11. The molecule has 21 heteroatoms. The quantitative estimate of drug-likeness (QED) is 0.105. The average Bonchev–Trinajstić information content (AvgIpc) is 1.69. The van der Waals surface area contributed by atoms with E-state index in [0.717, 1.165) is 17.1 Å². The molecule has 11 aromatic rings. The van der Waals surface area contributed by atoms with Gasteiger partial charge in [-0.05, 0) is 113 Å². The second-order valence-electron chi connectivity index (χ2n) is 23.1. The normalized spacial score (nSPS) is 11.7. The molecule has 2 aliphatic heterocycles. The van der Waals surface area contributed by atoms with Crippen molar-refractivity contribution in [3.63, 3.8) is 0 Å². The predicted octanol–water partition coefficient (Wildman–Crippen LogP) is 4.00. The van der Waals surface area contributed by atoms with Crippen molar-refractivity contribution in [2.75, 3.05) is 63.4 Å². The molecular formula is C66H57I3N12O5Zn. The number of carbonyl (C=O) groups is 1. The summed E-state index contributed by atoms with van der Waals surface area (Å²) in [7, 11) is 19.0. The van der Waals surface area contributed by atoms with Crippen molar-refractivity contribution in [2.24, 2.45) is 5.73 Å². The van der Waals surface area contributed by atoms with Crippen LogP contribution < -0.4 is 120 Å². The van der Waals surface area contributed by atoms with Gasteiger partial charge in [0.25, 0.3) is 0 Å². The minimum Gasteiger partial charge on any atom is -1.00 e. The van der Waals surface area contributed by atoms with Crippen molar-refractivity contribution < 1.29 is 115 Å². The zero-order valence-electron chi connectivity index (χ0n) is 49.0. The summed E-state index contributed by atoms with van der Waals surface area (Å²) in [5, 5.41) is 2.53. The molecule has 87 heavy (non-hydrogen) atoms. The molecular weight excluding hydrogens is 1490 g/mol. The number of quaternary nitrogens is 3. The van der Waals surface area contributed by atoms with Gasteiger partial charge in [0.15, 0.2) is 0 Å². The van der Waals surface area contributed by atoms with Crippen molar-refractivity contribution in [3.8, 4) is 91.5 Å². The van der Waals surface area contributed by atoms with E-state index in [1.54, 1.807) is 24.3 Å². The van der Waals surface area contributed by atoms with E-state index < -0.39 is 5.91 Å². The van der Waals surface area contributed by atoms with Crippen molar-refractivity contribution >= 4 is 67.1 Å². The first-order valence-electron chi connectivity index (χ1n) is 26.9. The third-order valence-electron chi connectivity index (χ3n) is 14.5. The van der Waals surface area contributed by atoms with E-state index in [9.17, 15) is 4.79 Å². The topological polar surface area (TPSA) is 186 Å². The average molecular weight is 1540 g/mol. The van der Waals surface area contributed by atoms with Gasteiger partial charge in [-0.25, -0.2) is 9.97 Å². The van der Waals surface area contributed by atoms with Gasteiger partial charge in [-0.2, -0.15) is 0 Å². The number of aromatic nitrogens is 8. The Morgan fingerprint density at radius 1 is 0.379 bits per heavy atom. The largest absolute Gasteiger partial charge is 2.00 e. The van der Waals surface area contributed by atoms with Gasteiger partial charge in [-0.3, -0.25) is 18.2 Å². The number of amides is 1. The van der Waals surface area contributed by atoms with Crippen LogP contribution in [0, 0.1) is 0 Å². The summed E-state index contributed by atoms with van der Waals surface area (Å²) in [6.07, 6.45) is 0. The van der Waals surface area contributed by atoms with Crippen molar-refractivity contribution in [1.29, 1.82) is 0 Å². The molecule has 0 radical (unpaired) electrons. The number of ether oxygens (including phenoxy) is 4. The molecule has 0 atom stereocenters. The number of rotatable bonds is 12. The number of primary amides is 1. The minimum absolute atomic E-state index is 0. The molecule has 3 aromatic heterocycles. The fraction of sp³-hybridized carbons (Fsp3) is 0.136. The molecule has 1 amide bonds. The number of hydrogen-bond donors (Lipinski definition) is 1. The monoisotopic (exact) mass is 1540 g/mol. The third-order valence-corrected chi connectivity index (χ3v) is 14.5. The van der Waals surface area contributed by atoms with Crippen LogP contribution in [0.4, 0.5) is 17.1 Å². The van der Waals surface area contributed by atoms with Gasteiger partial charge in [-0.1, -0.05) is 54.6 Å². The van der Waals surface area contributed by atoms with Crippen LogP contribution in [0.5, 0.6) is 46.0 Å². The van der Waals surface area contributed by atoms with Gasteiger partial charge in [0.2, 0.25) is 5.91 Å². The molecule has 0 spiro atoms. The van der Waals surface area contributed by atoms with Crippen LogP contribution >= 0.6 is 0 Å². The molecule has 5 heterocycles. The summed E-state index contributed by atoms with van der Waals surface area (Å²) in [5.41, 5.74) is 12.8. The van der Waals surface area contributed by atoms with Gasteiger partial charge in [0.05, 0.1) is 97.9 Å². The van der Waals surface area contributed by atoms with Gasteiger partial charge in [0, 0.05) is 62.9 Å². The van der Waals surface area contributed by atoms with Crippen molar-refractivity contribution in [2.45, 2.75) is 0 Å². The molecule has 8 bridgehead atoms. The Morgan fingerprint density at radius 3 is 1.26 bits per heavy atom. The standard InChI is InChI=1S/C66H56N12O5.3HI.Zn/c1-76(2,3)39-16-10-19-43(34-39)81-52-25-13-22-48-55(52)64-70-59-47-33-32-46(80-42-30-28-38(29-31-42)58(67)79)37-51(47)63(68-59)75-66-57-50(24-15-27-54(57)83-45-21-12-18-41(36-45)78(7,8)9)62(74-66)73-65-56-49(61(72-65)69-60(48)71-64)23-14-26-53(56)82-44-20-11-17-40(35-44)77(4,5)6;;;;/h10-37H,1-9H3,(H-3,67,68,69,70,71,72,73,74,75,79);3*1H;/q;;;;+2/p-2. The summed E-state index contributed by atoms with van der Waals surface area (Å²) < 4.78 is 28.7. The van der Waals surface area contributed by atoms with E-state index in [2.05, 4.69) is 81.6 Å². The Hall–Kier alpha value is -7.52. The van der Waals surface area contributed by atoms with Crippen molar-refractivity contribution in [3.05, 3.63) is 175 Å². The summed E-state index contributed by atoms with van der Waals surface area (Å²) in [5.74, 6) is 5.08. The van der Waals surface area contributed by atoms with Crippen LogP contribution in [0.1, 0.15) is 10.4 Å². The first kappa shape index (κ1) is 64.0. The van der Waals surface area contributed by atoms with E-state index in [1.165, 1.54) is 0 Å². The summed E-state index contributed by atoms with van der Waals surface area (Å²) in [4.78, 5) is 54.2. The number of carbonyl (C=O) groups excluding carboxylic acids is 1. The molecule has 0 saturated carbocycles. The molecule has 0 saturated heterocycles. The Bertz CT molecular complexity index is 4650. The number of halogens is 3. The third kappa shape index (κ3) is 12.8. The maximum atomic E-state index is 12.0. The molecule has 434 valence electrons. The number of hydrogen-bond acceptors (Lipinski definition) is 11. The Morgan fingerprint density at radius 2 is 0.770 bits per heavy atom. The number of benzene rings is 8. The predicted molar refractivity (Wildman–Crippen MR) is 327 cm³/mol. The van der Waals surface area contributed by atoms with Crippen LogP contribution in [-0.4, -0.2) is 99.2 Å². The van der Waals surface area contributed by atoms with Crippen molar-refractivity contribution in [1.82, 2.24) is 53.3 Å². The Balaban J connectivity index is 0.00000226. The number of fused-ring (bicyclic) bond motifs is 20.